The van der Waals surface area contributed by atoms with Crippen molar-refractivity contribution in [3.63, 3.8) is 0 Å². The monoisotopic (exact) mass is 200 g/mol. The fourth-order valence-corrected chi connectivity index (χ4v) is 1.49. The third-order valence-electron chi connectivity index (χ3n) is 2.55. The van der Waals surface area contributed by atoms with Crippen molar-refractivity contribution in [1.29, 1.82) is 0 Å². The van der Waals surface area contributed by atoms with E-state index in [-0.39, 0.29) is 5.91 Å². The summed E-state index contributed by atoms with van der Waals surface area (Å²) in [5.74, 6) is 0.0905. The molecule has 1 fully saturated rings. The molecule has 0 aromatic heterocycles. The smallest absolute Gasteiger partial charge is 0.233 e. The van der Waals surface area contributed by atoms with Crippen LogP contribution in [-0.2, 0) is 9.53 Å². The highest BCUT2D eigenvalue weighted by atomic mass is 16.5. The molecule has 0 bridgehead atoms. The Morgan fingerprint density at radius 1 is 1.50 bits per heavy atom. The molecule has 1 aliphatic carbocycles. The van der Waals surface area contributed by atoms with Crippen LogP contribution in [-0.4, -0.2) is 38.3 Å². The average Bonchev–Trinajstić information content (AvgIpc) is 2.12. The normalized spacial score (nSPS) is 25.6. The second-order valence-electron chi connectivity index (χ2n) is 3.76. The standard InChI is InChI=1S/C10H20N2O2/c1-3-4-11-10(13)7-12-8-5-9(6-8)14-2/h8-9,12H,3-7H2,1-2H3,(H,11,13). The third-order valence-corrected chi connectivity index (χ3v) is 2.55. The van der Waals surface area contributed by atoms with Gasteiger partial charge >= 0.3 is 0 Å². The molecule has 0 saturated heterocycles. The molecule has 4 nitrogen and oxygen atoms in total. The Morgan fingerprint density at radius 2 is 2.21 bits per heavy atom. The maximum absolute atomic E-state index is 11.2. The van der Waals surface area contributed by atoms with Crippen LogP contribution in [0.1, 0.15) is 26.2 Å². The lowest BCUT2D eigenvalue weighted by molar-refractivity contribution is -0.120. The fourth-order valence-electron chi connectivity index (χ4n) is 1.49. The van der Waals surface area contributed by atoms with E-state index < -0.39 is 0 Å². The quantitative estimate of drug-likeness (QED) is 0.647. The van der Waals surface area contributed by atoms with Gasteiger partial charge in [0.25, 0.3) is 0 Å². The Labute approximate surface area is 85.4 Å². The summed E-state index contributed by atoms with van der Waals surface area (Å²) in [6.45, 7) is 3.25. The predicted octanol–water partition coefficient (Wildman–Crippen LogP) is 0.280. The maximum atomic E-state index is 11.2. The summed E-state index contributed by atoms with van der Waals surface area (Å²) in [5.41, 5.74) is 0. The van der Waals surface area contributed by atoms with Crippen molar-refractivity contribution >= 4 is 5.91 Å². The van der Waals surface area contributed by atoms with Gasteiger partial charge in [-0.1, -0.05) is 6.92 Å². The molecule has 1 saturated carbocycles. The number of ether oxygens (including phenoxy) is 1. The van der Waals surface area contributed by atoms with Crippen LogP contribution < -0.4 is 10.6 Å². The van der Waals surface area contributed by atoms with Crippen LogP contribution in [0, 0.1) is 0 Å². The Kier molecular flexibility index (Phi) is 4.90. The zero-order valence-corrected chi connectivity index (χ0v) is 9.01. The first-order valence-electron chi connectivity index (χ1n) is 5.29. The van der Waals surface area contributed by atoms with Gasteiger partial charge in [0.05, 0.1) is 12.6 Å². The van der Waals surface area contributed by atoms with Gasteiger partial charge < -0.3 is 15.4 Å². The van der Waals surface area contributed by atoms with Gasteiger partial charge in [-0.2, -0.15) is 0 Å². The summed E-state index contributed by atoms with van der Waals surface area (Å²) < 4.78 is 5.15. The van der Waals surface area contributed by atoms with E-state index in [4.69, 9.17) is 4.74 Å². The van der Waals surface area contributed by atoms with Crippen molar-refractivity contribution < 1.29 is 9.53 Å². The molecule has 0 spiro atoms. The minimum Gasteiger partial charge on any atom is -0.381 e. The van der Waals surface area contributed by atoms with Gasteiger partial charge in [0, 0.05) is 19.7 Å². The van der Waals surface area contributed by atoms with E-state index in [0.29, 0.717) is 18.7 Å². The summed E-state index contributed by atoms with van der Waals surface area (Å²) in [6, 6.07) is 0.465. The first kappa shape index (κ1) is 11.5. The maximum Gasteiger partial charge on any atom is 0.233 e. The summed E-state index contributed by atoms with van der Waals surface area (Å²) in [6.07, 6.45) is 3.43. The average molecular weight is 200 g/mol. The first-order valence-corrected chi connectivity index (χ1v) is 5.29. The molecule has 0 aliphatic heterocycles. The van der Waals surface area contributed by atoms with Crippen molar-refractivity contribution in [3.05, 3.63) is 0 Å². The molecule has 82 valence electrons. The second-order valence-corrected chi connectivity index (χ2v) is 3.76. The van der Waals surface area contributed by atoms with Crippen molar-refractivity contribution in [2.45, 2.75) is 38.3 Å². The zero-order chi connectivity index (χ0) is 10.4. The lowest BCUT2D eigenvalue weighted by atomic mass is 9.89. The Morgan fingerprint density at radius 3 is 2.79 bits per heavy atom. The molecular formula is C10H20N2O2. The summed E-state index contributed by atoms with van der Waals surface area (Å²) in [5, 5.41) is 6.03. The highest BCUT2D eigenvalue weighted by Crippen LogP contribution is 2.21. The number of nitrogens with one attached hydrogen (secondary N) is 2. The van der Waals surface area contributed by atoms with Gasteiger partial charge in [-0.3, -0.25) is 4.79 Å². The molecule has 4 heteroatoms. The molecule has 1 rings (SSSR count). The molecule has 0 atom stereocenters. The molecule has 1 aliphatic rings. The van der Waals surface area contributed by atoms with E-state index in [1.54, 1.807) is 7.11 Å². The minimum atomic E-state index is 0.0905. The van der Waals surface area contributed by atoms with Gasteiger partial charge in [-0.05, 0) is 19.3 Å². The van der Waals surface area contributed by atoms with E-state index in [9.17, 15) is 4.79 Å². The largest absolute Gasteiger partial charge is 0.381 e. The van der Waals surface area contributed by atoms with E-state index in [2.05, 4.69) is 10.6 Å². The predicted molar refractivity (Wildman–Crippen MR) is 55.1 cm³/mol. The van der Waals surface area contributed by atoms with Crippen molar-refractivity contribution in [2.75, 3.05) is 20.2 Å². The molecule has 1 amide bonds. The second kappa shape index (κ2) is 5.98. The molecule has 0 radical (unpaired) electrons. The summed E-state index contributed by atoms with van der Waals surface area (Å²) in [4.78, 5) is 11.2. The molecule has 2 N–H and O–H groups in total. The van der Waals surface area contributed by atoms with Crippen molar-refractivity contribution in [3.8, 4) is 0 Å². The zero-order valence-electron chi connectivity index (χ0n) is 9.01. The van der Waals surface area contributed by atoms with Gasteiger partial charge in [0.15, 0.2) is 0 Å². The molecule has 14 heavy (non-hydrogen) atoms. The Bertz CT molecular complexity index is 179. The number of methoxy groups -OCH3 is 1. The molecule has 0 aromatic carbocycles. The van der Waals surface area contributed by atoms with Crippen LogP contribution >= 0.6 is 0 Å². The number of carbonyl (C=O) groups is 1. The van der Waals surface area contributed by atoms with E-state index in [1.807, 2.05) is 6.92 Å². The first-order chi connectivity index (χ1) is 6.76. The molecule has 0 unspecified atom stereocenters. The highest BCUT2D eigenvalue weighted by molar-refractivity contribution is 5.77. The molecule has 0 heterocycles. The van der Waals surface area contributed by atoms with Crippen LogP contribution in [0.15, 0.2) is 0 Å². The van der Waals surface area contributed by atoms with E-state index in [0.717, 1.165) is 25.8 Å². The van der Waals surface area contributed by atoms with Gasteiger partial charge in [-0.25, -0.2) is 0 Å². The van der Waals surface area contributed by atoms with Crippen LogP contribution in [0.3, 0.4) is 0 Å². The number of carbonyl (C=O) groups excluding carboxylic acids is 1. The van der Waals surface area contributed by atoms with Crippen molar-refractivity contribution in [1.82, 2.24) is 10.6 Å². The van der Waals surface area contributed by atoms with Crippen LogP contribution in [0.25, 0.3) is 0 Å². The third kappa shape index (κ3) is 3.64. The number of hydrogen-bond acceptors (Lipinski definition) is 3. The number of rotatable bonds is 6. The SMILES string of the molecule is CCCNC(=O)CNC1CC(OC)C1. The molecular weight excluding hydrogens is 180 g/mol. The lowest BCUT2D eigenvalue weighted by Gasteiger charge is -2.34. The number of hydrogen-bond donors (Lipinski definition) is 2. The van der Waals surface area contributed by atoms with Crippen LogP contribution in [0.2, 0.25) is 0 Å². The van der Waals surface area contributed by atoms with Gasteiger partial charge in [0.1, 0.15) is 0 Å². The summed E-state index contributed by atoms with van der Waals surface area (Å²) >= 11 is 0. The molecule has 0 aromatic rings. The number of amides is 1. The Balaban J connectivity index is 1.96. The van der Waals surface area contributed by atoms with Crippen LogP contribution in [0.5, 0.6) is 0 Å². The van der Waals surface area contributed by atoms with E-state index >= 15 is 0 Å². The van der Waals surface area contributed by atoms with Crippen molar-refractivity contribution in [2.24, 2.45) is 0 Å². The summed E-state index contributed by atoms with van der Waals surface area (Å²) in [7, 11) is 1.73. The van der Waals surface area contributed by atoms with Crippen LogP contribution in [0.4, 0.5) is 0 Å². The topological polar surface area (TPSA) is 50.4 Å². The lowest BCUT2D eigenvalue weighted by Crippen LogP contribution is -2.48. The minimum absolute atomic E-state index is 0.0905. The highest BCUT2D eigenvalue weighted by Gasteiger charge is 2.28. The van der Waals surface area contributed by atoms with Gasteiger partial charge in [-0.15, -0.1) is 0 Å². The van der Waals surface area contributed by atoms with E-state index in [1.165, 1.54) is 0 Å². The Hall–Kier alpha value is -0.610. The van der Waals surface area contributed by atoms with Gasteiger partial charge in [0.2, 0.25) is 5.91 Å². The fraction of sp³-hybridized carbons (Fsp3) is 0.900.